The molecule has 0 aliphatic heterocycles. The number of amides is 1. The van der Waals surface area contributed by atoms with Crippen molar-refractivity contribution in [3.8, 4) is 0 Å². The summed E-state index contributed by atoms with van der Waals surface area (Å²) >= 11 is 0. The van der Waals surface area contributed by atoms with E-state index in [0.29, 0.717) is 12.3 Å². The number of carboxylic acids is 1. The molecule has 4 nitrogen and oxygen atoms in total. The predicted molar refractivity (Wildman–Crippen MR) is 63.2 cm³/mol. The van der Waals surface area contributed by atoms with Gasteiger partial charge in [0.15, 0.2) is 0 Å². The van der Waals surface area contributed by atoms with Crippen LogP contribution in [0.25, 0.3) is 0 Å². The topological polar surface area (TPSA) is 57.6 Å². The van der Waals surface area contributed by atoms with E-state index in [-0.39, 0.29) is 5.91 Å². The van der Waals surface area contributed by atoms with Crippen LogP contribution in [0.1, 0.15) is 47.0 Å². The zero-order chi connectivity index (χ0) is 12.9. The number of carbonyl (C=O) groups is 2. The van der Waals surface area contributed by atoms with Gasteiger partial charge in [0.25, 0.3) is 0 Å². The first-order chi connectivity index (χ1) is 7.27. The van der Waals surface area contributed by atoms with Gasteiger partial charge in [-0.05, 0) is 19.8 Å². The van der Waals surface area contributed by atoms with E-state index in [1.54, 1.807) is 20.9 Å². The molecule has 0 saturated carbocycles. The molecule has 0 aliphatic carbocycles. The minimum absolute atomic E-state index is 0.0962. The molecule has 0 unspecified atom stereocenters. The summed E-state index contributed by atoms with van der Waals surface area (Å²) in [5.74, 6) is -0.728. The van der Waals surface area contributed by atoms with Gasteiger partial charge in [0.1, 0.15) is 5.54 Å². The van der Waals surface area contributed by atoms with Gasteiger partial charge in [-0.25, -0.2) is 4.79 Å². The summed E-state index contributed by atoms with van der Waals surface area (Å²) in [5, 5.41) is 9.02. The van der Waals surface area contributed by atoms with Crippen LogP contribution in [0.3, 0.4) is 0 Å². The molecule has 0 saturated heterocycles. The molecule has 0 fully saturated rings. The van der Waals surface area contributed by atoms with Gasteiger partial charge >= 0.3 is 5.97 Å². The summed E-state index contributed by atoms with van der Waals surface area (Å²) < 4.78 is 0. The molecule has 0 aromatic rings. The number of hydrogen-bond acceptors (Lipinski definition) is 2. The number of aliphatic carboxylic acids is 1. The lowest BCUT2D eigenvalue weighted by Gasteiger charge is -2.32. The number of hydrogen-bond donors (Lipinski definition) is 1. The average Bonchev–Trinajstić information content (AvgIpc) is 2.23. The van der Waals surface area contributed by atoms with Crippen LogP contribution in [0.4, 0.5) is 0 Å². The van der Waals surface area contributed by atoms with E-state index in [1.165, 1.54) is 4.90 Å². The van der Waals surface area contributed by atoms with Crippen molar-refractivity contribution >= 4 is 11.9 Å². The second kappa shape index (κ2) is 5.87. The highest BCUT2D eigenvalue weighted by molar-refractivity contribution is 5.86. The van der Waals surface area contributed by atoms with Crippen LogP contribution in [0.15, 0.2) is 0 Å². The summed E-state index contributed by atoms with van der Waals surface area (Å²) in [6.45, 7) is 7.17. The first kappa shape index (κ1) is 14.9. The molecule has 0 radical (unpaired) electrons. The Balaban J connectivity index is 4.56. The predicted octanol–water partition coefficient (Wildman–Crippen LogP) is 2.13. The number of carboxylic acid groups (broad SMARTS) is 1. The molecule has 1 N–H and O–H groups in total. The monoisotopic (exact) mass is 229 g/mol. The van der Waals surface area contributed by atoms with Gasteiger partial charge in [-0.15, -0.1) is 0 Å². The Kier molecular flexibility index (Phi) is 5.48. The second-order valence-corrected chi connectivity index (χ2v) is 4.70. The fourth-order valence-electron chi connectivity index (χ4n) is 1.42. The van der Waals surface area contributed by atoms with E-state index in [4.69, 9.17) is 5.11 Å². The lowest BCUT2D eigenvalue weighted by Crippen LogP contribution is -2.51. The molecule has 0 heterocycles. The van der Waals surface area contributed by atoms with Gasteiger partial charge in [-0.3, -0.25) is 4.79 Å². The Morgan fingerprint density at radius 3 is 2.00 bits per heavy atom. The van der Waals surface area contributed by atoms with Crippen LogP contribution in [0.5, 0.6) is 0 Å². The van der Waals surface area contributed by atoms with Crippen LogP contribution in [-0.2, 0) is 9.59 Å². The highest BCUT2D eigenvalue weighted by atomic mass is 16.4. The fourth-order valence-corrected chi connectivity index (χ4v) is 1.42. The van der Waals surface area contributed by atoms with Crippen molar-refractivity contribution in [2.75, 3.05) is 7.05 Å². The maximum absolute atomic E-state index is 11.9. The van der Waals surface area contributed by atoms with Gasteiger partial charge in [0.05, 0.1) is 0 Å². The van der Waals surface area contributed by atoms with Crippen LogP contribution >= 0.6 is 0 Å². The van der Waals surface area contributed by atoms with Gasteiger partial charge in [-0.2, -0.15) is 0 Å². The summed E-state index contributed by atoms with van der Waals surface area (Å²) in [7, 11) is 1.55. The van der Waals surface area contributed by atoms with E-state index in [2.05, 4.69) is 0 Å². The Morgan fingerprint density at radius 2 is 1.69 bits per heavy atom. The van der Waals surface area contributed by atoms with Crippen LogP contribution in [-0.4, -0.2) is 34.5 Å². The van der Waals surface area contributed by atoms with Crippen LogP contribution in [0.2, 0.25) is 0 Å². The number of likely N-dealkylation sites (N-methyl/N-ethyl adjacent to an activating group) is 1. The zero-order valence-electron chi connectivity index (χ0n) is 10.9. The fraction of sp³-hybridized carbons (Fsp3) is 0.833. The molecule has 94 valence electrons. The highest BCUT2D eigenvalue weighted by Crippen LogP contribution is 2.19. The first-order valence-electron chi connectivity index (χ1n) is 5.77. The molecule has 0 atom stereocenters. The van der Waals surface area contributed by atoms with E-state index in [0.717, 1.165) is 12.8 Å². The number of nitrogens with zero attached hydrogens (tertiary/aromatic N) is 1. The van der Waals surface area contributed by atoms with Crippen LogP contribution < -0.4 is 0 Å². The van der Waals surface area contributed by atoms with E-state index in [9.17, 15) is 9.59 Å². The Labute approximate surface area is 97.6 Å². The van der Waals surface area contributed by atoms with Crippen molar-refractivity contribution in [2.45, 2.75) is 52.5 Å². The van der Waals surface area contributed by atoms with Gasteiger partial charge < -0.3 is 10.0 Å². The normalized spacial score (nSPS) is 11.6. The van der Waals surface area contributed by atoms with E-state index in [1.807, 2.05) is 13.8 Å². The standard InChI is InChI=1S/C12H23NO3/c1-6-9(7-2)8-10(14)13(5)12(3,4)11(15)16/h9H,6-8H2,1-5H3,(H,15,16). The largest absolute Gasteiger partial charge is 0.480 e. The molecular formula is C12H23NO3. The lowest BCUT2D eigenvalue weighted by molar-refractivity contribution is -0.155. The molecule has 0 rings (SSSR count). The highest BCUT2D eigenvalue weighted by Gasteiger charge is 2.35. The van der Waals surface area contributed by atoms with Crippen molar-refractivity contribution in [3.63, 3.8) is 0 Å². The summed E-state index contributed by atoms with van der Waals surface area (Å²) in [6.07, 6.45) is 2.33. The molecule has 0 aromatic carbocycles. The lowest BCUT2D eigenvalue weighted by atomic mass is 9.96. The van der Waals surface area contributed by atoms with Gasteiger partial charge in [-0.1, -0.05) is 26.7 Å². The zero-order valence-corrected chi connectivity index (χ0v) is 10.9. The molecule has 16 heavy (non-hydrogen) atoms. The van der Waals surface area contributed by atoms with E-state index < -0.39 is 11.5 Å². The van der Waals surface area contributed by atoms with Crippen molar-refractivity contribution in [3.05, 3.63) is 0 Å². The number of carbonyl (C=O) groups excluding carboxylic acids is 1. The smallest absolute Gasteiger partial charge is 0.329 e. The van der Waals surface area contributed by atoms with Crippen LogP contribution in [0, 0.1) is 5.92 Å². The SMILES string of the molecule is CCC(CC)CC(=O)N(C)C(C)(C)C(=O)O. The van der Waals surface area contributed by atoms with Crippen molar-refractivity contribution in [1.82, 2.24) is 4.90 Å². The maximum atomic E-state index is 11.9. The molecule has 0 aliphatic rings. The Bertz CT molecular complexity index is 257. The quantitative estimate of drug-likeness (QED) is 0.759. The van der Waals surface area contributed by atoms with Crippen molar-refractivity contribution in [2.24, 2.45) is 5.92 Å². The molecule has 4 heteroatoms. The summed E-state index contributed by atoms with van der Waals surface area (Å²) in [6, 6.07) is 0. The molecule has 1 amide bonds. The third kappa shape index (κ3) is 3.51. The minimum Gasteiger partial charge on any atom is -0.480 e. The number of rotatable bonds is 6. The van der Waals surface area contributed by atoms with Gasteiger partial charge in [0.2, 0.25) is 5.91 Å². The second-order valence-electron chi connectivity index (χ2n) is 4.70. The third-order valence-corrected chi connectivity index (χ3v) is 3.35. The first-order valence-corrected chi connectivity index (χ1v) is 5.77. The molecular weight excluding hydrogens is 206 g/mol. The van der Waals surface area contributed by atoms with E-state index >= 15 is 0 Å². The Hall–Kier alpha value is -1.06. The van der Waals surface area contributed by atoms with Crippen molar-refractivity contribution < 1.29 is 14.7 Å². The third-order valence-electron chi connectivity index (χ3n) is 3.35. The minimum atomic E-state index is -1.14. The molecule has 0 bridgehead atoms. The Morgan fingerprint density at radius 1 is 1.25 bits per heavy atom. The van der Waals surface area contributed by atoms with Gasteiger partial charge in [0, 0.05) is 13.5 Å². The average molecular weight is 229 g/mol. The summed E-state index contributed by atoms with van der Waals surface area (Å²) in [5.41, 5.74) is -1.14. The molecule has 0 spiro atoms. The maximum Gasteiger partial charge on any atom is 0.329 e. The van der Waals surface area contributed by atoms with Crippen molar-refractivity contribution in [1.29, 1.82) is 0 Å². The molecule has 0 aromatic heterocycles. The summed E-state index contributed by atoms with van der Waals surface area (Å²) in [4.78, 5) is 24.2.